The molecule has 0 aliphatic carbocycles. The fourth-order valence-corrected chi connectivity index (χ4v) is 3.11. The molecule has 0 atom stereocenters. The molecule has 3 rings (SSSR count). The highest BCUT2D eigenvalue weighted by atomic mass is 35.5. The van der Waals surface area contributed by atoms with Gasteiger partial charge in [-0.25, -0.2) is 0 Å². The van der Waals surface area contributed by atoms with Crippen molar-refractivity contribution in [3.05, 3.63) is 46.2 Å². The number of benzene rings is 1. The van der Waals surface area contributed by atoms with Gasteiger partial charge in [0.1, 0.15) is 5.75 Å². The Bertz CT molecular complexity index is 690. The van der Waals surface area contributed by atoms with E-state index in [0.717, 1.165) is 18.5 Å². The van der Waals surface area contributed by atoms with Crippen molar-refractivity contribution < 1.29 is 9.90 Å². The molecule has 1 fully saturated rings. The number of rotatable bonds is 2. The Kier molecular flexibility index (Phi) is 4.07. The van der Waals surface area contributed by atoms with Crippen molar-refractivity contribution in [2.24, 2.45) is 0 Å². The van der Waals surface area contributed by atoms with E-state index in [2.05, 4.69) is 10.2 Å². The van der Waals surface area contributed by atoms with Gasteiger partial charge in [-0.05, 0) is 49.4 Å². The number of piperidine rings is 1. The number of aryl methyl sites for hydroxylation is 1. The molecule has 1 aliphatic rings. The Labute approximate surface area is 133 Å². The quantitative estimate of drug-likeness (QED) is 0.893. The van der Waals surface area contributed by atoms with Crippen LogP contribution in [-0.4, -0.2) is 39.2 Å². The van der Waals surface area contributed by atoms with Crippen molar-refractivity contribution in [1.29, 1.82) is 0 Å². The summed E-state index contributed by atoms with van der Waals surface area (Å²) in [6.07, 6.45) is 3.73. The average Bonchev–Trinajstić information content (AvgIpc) is 2.95. The lowest BCUT2D eigenvalue weighted by molar-refractivity contribution is 0.0712. The number of amides is 1. The molecule has 0 spiro atoms. The van der Waals surface area contributed by atoms with Crippen molar-refractivity contribution >= 4 is 17.5 Å². The van der Waals surface area contributed by atoms with Crippen LogP contribution in [0.4, 0.5) is 0 Å². The number of aromatic hydroxyl groups is 1. The van der Waals surface area contributed by atoms with Gasteiger partial charge in [-0.15, -0.1) is 0 Å². The second-order valence-corrected chi connectivity index (χ2v) is 6.09. The van der Waals surface area contributed by atoms with Crippen LogP contribution in [0.25, 0.3) is 0 Å². The normalized spacial score (nSPS) is 16.0. The molecule has 0 saturated carbocycles. The second-order valence-electron chi connectivity index (χ2n) is 5.68. The number of carbonyl (C=O) groups excluding carboxylic acids is 1. The highest BCUT2D eigenvalue weighted by Gasteiger charge is 2.26. The maximum absolute atomic E-state index is 12.5. The molecular weight excluding hydrogens is 302 g/mol. The predicted molar refractivity (Wildman–Crippen MR) is 84.3 cm³/mol. The minimum Gasteiger partial charge on any atom is -0.506 e. The number of likely N-dealkylation sites (tertiary alicyclic amines) is 1. The number of nitrogens with one attached hydrogen (secondary N) is 1. The molecule has 1 aliphatic heterocycles. The molecule has 116 valence electrons. The van der Waals surface area contributed by atoms with Crippen LogP contribution in [0.5, 0.6) is 5.75 Å². The van der Waals surface area contributed by atoms with E-state index in [9.17, 15) is 9.90 Å². The molecular formula is C16H18ClN3O2. The average molecular weight is 320 g/mol. The molecule has 0 bridgehead atoms. The predicted octanol–water partition coefficient (Wildman–Crippen LogP) is 3.10. The lowest BCUT2D eigenvalue weighted by Crippen LogP contribution is -2.37. The summed E-state index contributed by atoms with van der Waals surface area (Å²) >= 11 is 5.78. The van der Waals surface area contributed by atoms with Crippen LogP contribution in [0, 0.1) is 6.92 Å². The monoisotopic (exact) mass is 319 g/mol. The summed E-state index contributed by atoms with van der Waals surface area (Å²) in [5.41, 5.74) is 2.82. The Morgan fingerprint density at radius 3 is 2.73 bits per heavy atom. The molecule has 22 heavy (non-hydrogen) atoms. The molecule has 2 aromatic rings. The van der Waals surface area contributed by atoms with Gasteiger partial charge in [0.25, 0.3) is 5.91 Å². The largest absolute Gasteiger partial charge is 0.506 e. The molecule has 2 N–H and O–H groups in total. The number of phenolic OH excluding ortho intramolecular Hbond substituents is 1. The first kappa shape index (κ1) is 14.9. The third kappa shape index (κ3) is 2.81. The lowest BCUT2D eigenvalue weighted by Gasteiger charge is -2.32. The van der Waals surface area contributed by atoms with Gasteiger partial charge < -0.3 is 10.0 Å². The number of H-pyrrole nitrogens is 1. The van der Waals surface area contributed by atoms with Gasteiger partial charge in [-0.1, -0.05) is 11.6 Å². The van der Waals surface area contributed by atoms with E-state index >= 15 is 0 Å². The highest BCUT2D eigenvalue weighted by Crippen LogP contribution is 2.30. The number of carbonyl (C=O) groups is 1. The molecule has 1 amide bonds. The summed E-state index contributed by atoms with van der Waals surface area (Å²) in [4.78, 5) is 14.3. The first-order chi connectivity index (χ1) is 10.6. The van der Waals surface area contributed by atoms with Gasteiger partial charge in [-0.3, -0.25) is 9.89 Å². The number of hydrogen-bond acceptors (Lipinski definition) is 3. The van der Waals surface area contributed by atoms with Crippen LogP contribution in [0.1, 0.15) is 40.4 Å². The van der Waals surface area contributed by atoms with Crippen LogP contribution in [-0.2, 0) is 0 Å². The molecule has 0 unspecified atom stereocenters. The zero-order chi connectivity index (χ0) is 15.7. The van der Waals surface area contributed by atoms with Crippen LogP contribution >= 0.6 is 11.6 Å². The standard InChI is InChI=1S/C16H18ClN3O2/c1-10-13(9-18-19-10)11-4-6-20(7-5-11)16(22)12-2-3-14(17)15(21)8-12/h2-3,8-9,11,21H,4-7H2,1H3,(H,18,19). The summed E-state index contributed by atoms with van der Waals surface area (Å²) in [6, 6.07) is 4.62. The van der Waals surface area contributed by atoms with E-state index in [0.29, 0.717) is 24.6 Å². The van der Waals surface area contributed by atoms with Crippen LogP contribution in [0.2, 0.25) is 5.02 Å². The highest BCUT2D eigenvalue weighted by molar-refractivity contribution is 6.32. The van der Waals surface area contributed by atoms with Gasteiger partial charge in [0.05, 0.1) is 11.2 Å². The minimum absolute atomic E-state index is 0.0589. The summed E-state index contributed by atoms with van der Waals surface area (Å²) in [6.45, 7) is 3.44. The second kappa shape index (κ2) is 6.01. The first-order valence-electron chi connectivity index (χ1n) is 7.34. The van der Waals surface area contributed by atoms with Crippen LogP contribution in [0.3, 0.4) is 0 Å². The van der Waals surface area contributed by atoms with E-state index in [4.69, 9.17) is 11.6 Å². The number of hydrogen-bond donors (Lipinski definition) is 2. The first-order valence-corrected chi connectivity index (χ1v) is 7.71. The molecule has 1 saturated heterocycles. The summed E-state index contributed by atoms with van der Waals surface area (Å²) < 4.78 is 0. The third-order valence-corrected chi connectivity index (χ3v) is 4.60. The Hall–Kier alpha value is -2.01. The van der Waals surface area contributed by atoms with E-state index in [1.54, 1.807) is 12.1 Å². The van der Waals surface area contributed by atoms with Gasteiger partial charge in [0.2, 0.25) is 0 Å². The van der Waals surface area contributed by atoms with E-state index in [1.807, 2.05) is 18.0 Å². The fraction of sp³-hybridized carbons (Fsp3) is 0.375. The molecule has 0 radical (unpaired) electrons. The number of phenols is 1. The molecule has 1 aromatic carbocycles. The summed E-state index contributed by atoms with van der Waals surface area (Å²) in [5.74, 6) is 0.326. The lowest BCUT2D eigenvalue weighted by atomic mass is 9.89. The van der Waals surface area contributed by atoms with Gasteiger partial charge in [-0.2, -0.15) is 5.10 Å². The van der Waals surface area contributed by atoms with Crippen molar-refractivity contribution in [2.45, 2.75) is 25.7 Å². The van der Waals surface area contributed by atoms with Crippen molar-refractivity contribution in [3.63, 3.8) is 0 Å². The van der Waals surface area contributed by atoms with E-state index in [-0.39, 0.29) is 16.7 Å². The maximum atomic E-state index is 12.5. The van der Waals surface area contributed by atoms with Gasteiger partial charge in [0, 0.05) is 24.3 Å². The Balaban J connectivity index is 1.67. The number of aromatic nitrogens is 2. The smallest absolute Gasteiger partial charge is 0.253 e. The van der Waals surface area contributed by atoms with Crippen LogP contribution < -0.4 is 0 Å². The van der Waals surface area contributed by atoms with Crippen molar-refractivity contribution in [3.8, 4) is 5.75 Å². The number of nitrogens with zero attached hydrogens (tertiary/aromatic N) is 2. The number of aromatic amines is 1. The zero-order valence-electron chi connectivity index (χ0n) is 12.3. The number of halogens is 1. The van der Waals surface area contributed by atoms with Crippen LogP contribution in [0.15, 0.2) is 24.4 Å². The van der Waals surface area contributed by atoms with Crippen molar-refractivity contribution in [1.82, 2.24) is 15.1 Å². The minimum atomic E-state index is -0.0608. The van der Waals surface area contributed by atoms with E-state index < -0.39 is 0 Å². The van der Waals surface area contributed by atoms with Crippen molar-refractivity contribution in [2.75, 3.05) is 13.1 Å². The Morgan fingerprint density at radius 2 is 2.14 bits per heavy atom. The van der Waals surface area contributed by atoms with E-state index in [1.165, 1.54) is 11.6 Å². The summed E-state index contributed by atoms with van der Waals surface area (Å²) in [5, 5.41) is 16.9. The third-order valence-electron chi connectivity index (χ3n) is 4.28. The molecule has 6 heteroatoms. The molecule has 2 heterocycles. The zero-order valence-corrected chi connectivity index (χ0v) is 13.1. The van der Waals surface area contributed by atoms with Gasteiger partial charge >= 0.3 is 0 Å². The molecule has 5 nitrogen and oxygen atoms in total. The Morgan fingerprint density at radius 1 is 1.41 bits per heavy atom. The summed E-state index contributed by atoms with van der Waals surface area (Å²) in [7, 11) is 0. The SMILES string of the molecule is Cc1[nH]ncc1C1CCN(C(=O)c2ccc(Cl)c(O)c2)CC1. The topological polar surface area (TPSA) is 69.2 Å². The fourth-order valence-electron chi connectivity index (χ4n) is 2.99. The maximum Gasteiger partial charge on any atom is 0.253 e. The van der Waals surface area contributed by atoms with Gasteiger partial charge in [0.15, 0.2) is 0 Å². The molecule has 1 aromatic heterocycles.